The highest BCUT2D eigenvalue weighted by Crippen LogP contribution is 2.22. The first-order valence-corrected chi connectivity index (χ1v) is 8.00. The van der Waals surface area contributed by atoms with E-state index in [0.29, 0.717) is 6.21 Å². The molecule has 0 unspecified atom stereocenters. The average Bonchev–Trinajstić information content (AvgIpc) is 2.47. The number of ketones is 1. The number of carbonyl (C=O) groups is 1. The van der Waals surface area contributed by atoms with Gasteiger partial charge < -0.3 is 5.53 Å². The number of hydrogen-bond donors (Lipinski definition) is 0. The molecular formula is C13H16N4O5S. The molecule has 23 heavy (non-hydrogen) atoms. The number of sulfonamides is 1. The highest BCUT2D eigenvalue weighted by atomic mass is 32.2. The van der Waals surface area contributed by atoms with Gasteiger partial charge in [0.25, 0.3) is 11.5 Å². The lowest BCUT2D eigenvalue weighted by Gasteiger charge is -2.27. The van der Waals surface area contributed by atoms with Crippen molar-refractivity contribution in [3.8, 4) is 0 Å². The lowest BCUT2D eigenvalue weighted by molar-refractivity contribution is -0.384. The zero-order valence-electron chi connectivity index (χ0n) is 12.8. The Hall–Kier alpha value is -2.42. The number of nitrogens with zero attached hydrogens (tertiary/aromatic N) is 4. The fraction of sp³-hybridized carbons (Fsp3) is 0.385. The van der Waals surface area contributed by atoms with E-state index in [1.165, 1.54) is 7.05 Å². The maximum atomic E-state index is 12.6. The molecule has 0 N–H and O–H groups in total. The molecule has 0 saturated heterocycles. The van der Waals surface area contributed by atoms with Crippen LogP contribution in [-0.2, 0) is 14.8 Å². The van der Waals surface area contributed by atoms with E-state index in [1.54, 1.807) is 13.8 Å². The minimum absolute atomic E-state index is 0.176. The van der Waals surface area contributed by atoms with E-state index >= 15 is 0 Å². The van der Waals surface area contributed by atoms with Gasteiger partial charge in [-0.25, -0.2) is 8.42 Å². The van der Waals surface area contributed by atoms with Crippen LogP contribution in [-0.4, -0.2) is 47.5 Å². The average molecular weight is 340 g/mol. The largest absolute Gasteiger partial charge is 0.361 e. The Morgan fingerprint density at radius 2 is 1.87 bits per heavy atom. The van der Waals surface area contributed by atoms with Gasteiger partial charge in [-0.15, -0.1) is 0 Å². The van der Waals surface area contributed by atoms with Crippen LogP contribution < -0.4 is 0 Å². The van der Waals surface area contributed by atoms with Crippen molar-refractivity contribution < 1.29 is 22.9 Å². The summed E-state index contributed by atoms with van der Waals surface area (Å²) in [6.45, 7) is 3.30. The van der Waals surface area contributed by atoms with Crippen molar-refractivity contribution in [3.63, 3.8) is 0 Å². The van der Waals surface area contributed by atoms with Crippen molar-refractivity contribution >= 4 is 27.7 Å². The van der Waals surface area contributed by atoms with Gasteiger partial charge in [0.1, 0.15) is 0 Å². The first-order chi connectivity index (χ1) is 10.6. The molecule has 0 aliphatic carbocycles. The van der Waals surface area contributed by atoms with Crippen LogP contribution in [0.25, 0.3) is 5.53 Å². The monoisotopic (exact) mass is 340 g/mol. The first kappa shape index (κ1) is 18.6. The Kier molecular flexibility index (Phi) is 5.85. The number of likely N-dealkylation sites (N-methyl/N-ethyl adjacent to an activating group) is 1. The highest BCUT2D eigenvalue weighted by Gasteiger charge is 2.35. The standard InChI is InChI=1S/C13H16N4O5S/c1-9(2)13(12(18)8-15-14)16(3)23(21,22)11-6-4-10(5-7-11)17(19)20/h4-9,13H,1-3H3/t13-/m0/s1. The lowest BCUT2D eigenvalue weighted by atomic mass is 10.0. The lowest BCUT2D eigenvalue weighted by Crippen LogP contribution is -2.46. The summed E-state index contributed by atoms with van der Waals surface area (Å²) in [6, 6.07) is 3.29. The zero-order valence-corrected chi connectivity index (χ0v) is 13.6. The van der Waals surface area contributed by atoms with Crippen LogP contribution in [0.1, 0.15) is 13.8 Å². The summed E-state index contributed by atoms with van der Waals surface area (Å²) >= 11 is 0. The Bertz CT molecular complexity index is 751. The van der Waals surface area contributed by atoms with Gasteiger partial charge >= 0.3 is 6.21 Å². The quantitative estimate of drug-likeness (QED) is 0.241. The number of carbonyl (C=O) groups excluding carboxylic acids is 1. The van der Waals surface area contributed by atoms with Crippen LogP contribution in [0.2, 0.25) is 0 Å². The fourth-order valence-electron chi connectivity index (χ4n) is 2.12. The van der Waals surface area contributed by atoms with Crippen molar-refractivity contribution in [1.82, 2.24) is 4.31 Å². The van der Waals surface area contributed by atoms with E-state index in [4.69, 9.17) is 5.53 Å². The van der Waals surface area contributed by atoms with Crippen LogP contribution in [0.4, 0.5) is 5.69 Å². The molecule has 124 valence electrons. The molecule has 0 bridgehead atoms. The maximum absolute atomic E-state index is 12.6. The van der Waals surface area contributed by atoms with E-state index in [9.17, 15) is 23.3 Å². The normalized spacial score (nSPS) is 12.7. The van der Waals surface area contributed by atoms with E-state index in [1.807, 2.05) is 0 Å². The molecule has 0 aliphatic rings. The molecule has 0 fully saturated rings. The number of nitro benzene ring substituents is 1. The van der Waals surface area contributed by atoms with E-state index in [2.05, 4.69) is 4.79 Å². The van der Waals surface area contributed by atoms with Gasteiger partial charge in [-0.1, -0.05) is 13.8 Å². The summed E-state index contributed by atoms with van der Waals surface area (Å²) in [5, 5.41) is 10.6. The minimum Gasteiger partial charge on any atom is -0.361 e. The summed E-state index contributed by atoms with van der Waals surface area (Å²) in [7, 11) is -2.82. The highest BCUT2D eigenvalue weighted by molar-refractivity contribution is 7.89. The molecule has 0 radical (unpaired) electrons. The topological polar surface area (TPSA) is 134 Å². The van der Waals surface area contributed by atoms with Gasteiger partial charge in [0.15, 0.2) is 0 Å². The molecule has 0 saturated carbocycles. The molecule has 1 aromatic carbocycles. The predicted molar refractivity (Wildman–Crippen MR) is 81.4 cm³/mol. The first-order valence-electron chi connectivity index (χ1n) is 6.56. The van der Waals surface area contributed by atoms with Crippen molar-refractivity contribution in [2.24, 2.45) is 5.92 Å². The third-order valence-corrected chi connectivity index (χ3v) is 5.08. The molecule has 1 rings (SSSR count). The molecule has 0 aliphatic heterocycles. The predicted octanol–water partition coefficient (Wildman–Crippen LogP) is 1.11. The molecular weight excluding hydrogens is 324 g/mol. The molecule has 0 aromatic heterocycles. The molecule has 0 heterocycles. The number of benzene rings is 1. The van der Waals surface area contributed by atoms with Gasteiger partial charge in [-0.3, -0.25) is 14.9 Å². The van der Waals surface area contributed by atoms with Crippen molar-refractivity contribution in [2.75, 3.05) is 7.05 Å². The summed E-state index contributed by atoms with van der Waals surface area (Å²) in [6.07, 6.45) is 0.645. The Balaban J connectivity index is 3.26. The molecule has 9 nitrogen and oxygen atoms in total. The smallest absolute Gasteiger partial charge is 0.324 e. The number of nitro groups is 1. The van der Waals surface area contributed by atoms with Crippen LogP contribution in [0.15, 0.2) is 29.2 Å². The third kappa shape index (κ3) is 4.07. The second kappa shape index (κ2) is 7.23. The van der Waals surface area contributed by atoms with Crippen LogP contribution in [0.5, 0.6) is 0 Å². The molecule has 1 atom stereocenters. The SMILES string of the molecule is CC(C)[C@@H](C(=O)C=[N+]=[N-])N(C)S(=O)(=O)c1ccc([N+](=O)[O-])cc1. The van der Waals surface area contributed by atoms with Crippen LogP contribution in [0.3, 0.4) is 0 Å². The Labute approximate surface area is 133 Å². The second-order valence-corrected chi connectivity index (χ2v) is 7.11. The summed E-state index contributed by atoms with van der Waals surface area (Å²) < 4.78 is 26.0. The minimum atomic E-state index is -4.04. The van der Waals surface area contributed by atoms with Gasteiger partial charge in [-0.2, -0.15) is 9.10 Å². The summed E-state index contributed by atoms with van der Waals surface area (Å²) in [5.74, 6) is -1.05. The summed E-state index contributed by atoms with van der Waals surface area (Å²) in [4.78, 5) is 24.4. The molecule has 10 heteroatoms. The zero-order chi connectivity index (χ0) is 17.8. The summed E-state index contributed by atoms with van der Waals surface area (Å²) in [5.41, 5.74) is 8.23. The number of Topliss-reactive ketones (excluding diaryl/α,β-unsaturated/α-hetero) is 1. The molecule has 0 amide bonds. The van der Waals surface area contributed by atoms with Gasteiger partial charge in [-0.05, 0) is 18.1 Å². The number of rotatable bonds is 7. The van der Waals surface area contributed by atoms with Gasteiger partial charge in [0.2, 0.25) is 10.0 Å². The van der Waals surface area contributed by atoms with Crippen molar-refractivity contribution in [3.05, 3.63) is 39.9 Å². The maximum Gasteiger partial charge on any atom is 0.324 e. The van der Waals surface area contributed by atoms with E-state index < -0.39 is 26.8 Å². The van der Waals surface area contributed by atoms with Gasteiger partial charge in [0.05, 0.1) is 15.9 Å². The van der Waals surface area contributed by atoms with E-state index in [0.717, 1.165) is 28.6 Å². The number of hydrogen-bond acceptors (Lipinski definition) is 5. The van der Waals surface area contributed by atoms with Gasteiger partial charge in [0, 0.05) is 19.2 Å². The Morgan fingerprint density at radius 3 is 2.26 bits per heavy atom. The molecule has 0 spiro atoms. The van der Waals surface area contributed by atoms with Crippen LogP contribution >= 0.6 is 0 Å². The van der Waals surface area contributed by atoms with Crippen molar-refractivity contribution in [1.29, 1.82) is 0 Å². The van der Waals surface area contributed by atoms with Crippen LogP contribution in [0, 0.1) is 16.0 Å². The second-order valence-electron chi connectivity index (χ2n) is 5.11. The van der Waals surface area contributed by atoms with E-state index in [-0.39, 0.29) is 16.5 Å². The Morgan fingerprint density at radius 1 is 1.35 bits per heavy atom. The molecule has 1 aromatic rings. The fourth-order valence-corrected chi connectivity index (χ4v) is 3.58. The number of non-ortho nitro benzene ring substituents is 1. The third-order valence-electron chi connectivity index (χ3n) is 3.22. The van der Waals surface area contributed by atoms with Crippen molar-refractivity contribution in [2.45, 2.75) is 24.8 Å².